The molecule has 1 N–H and O–H groups in total. The Balaban J connectivity index is 1.45. The number of benzene rings is 2. The molecule has 2 saturated heterocycles. The second-order valence-electron chi connectivity index (χ2n) is 8.88. The maximum Gasteiger partial charge on any atom is 0.227 e. The molecule has 2 aliphatic rings. The normalized spacial score (nSPS) is 20.6. The predicted molar refractivity (Wildman–Crippen MR) is 129 cm³/mol. The highest BCUT2D eigenvalue weighted by molar-refractivity contribution is 6.01. The van der Waals surface area contributed by atoms with Gasteiger partial charge in [0.05, 0.1) is 24.3 Å². The zero-order chi connectivity index (χ0) is 23.2. The third-order valence-corrected chi connectivity index (χ3v) is 6.51. The second-order valence-corrected chi connectivity index (χ2v) is 8.88. The van der Waals surface area contributed by atoms with Crippen molar-refractivity contribution < 1.29 is 14.3 Å². The van der Waals surface area contributed by atoms with Gasteiger partial charge < -0.3 is 19.9 Å². The standard InChI is InChI=1S/C26H34N4O3/c1-3-33-24-12-8-7-11-23(24)30-18-21(17-25(30)31)26(32)27-22(20-9-5-4-6-10-20)19-29-15-13-28(2)14-16-29/h4-12,21-22H,3,13-19H2,1-2H3,(H,27,32). The van der Waals surface area contributed by atoms with E-state index in [1.807, 2.05) is 49.4 Å². The molecule has 2 heterocycles. The zero-order valence-corrected chi connectivity index (χ0v) is 19.6. The Hall–Kier alpha value is -2.90. The van der Waals surface area contributed by atoms with E-state index < -0.39 is 0 Å². The van der Waals surface area contributed by atoms with Gasteiger partial charge in [0.1, 0.15) is 5.75 Å². The summed E-state index contributed by atoms with van der Waals surface area (Å²) in [5.74, 6) is 0.179. The van der Waals surface area contributed by atoms with Crippen molar-refractivity contribution in [1.29, 1.82) is 0 Å². The topological polar surface area (TPSA) is 65.1 Å². The molecule has 0 saturated carbocycles. The third-order valence-electron chi connectivity index (χ3n) is 6.51. The highest BCUT2D eigenvalue weighted by atomic mass is 16.5. The number of nitrogens with one attached hydrogen (secondary N) is 1. The first kappa shape index (κ1) is 23.3. The number of nitrogens with zero attached hydrogens (tertiary/aromatic N) is 3. The van der Waals surface area contributed by atoms with Crippen molar-refractivity contribution in [2.45, 2.75) is 19.4 Å². The number of likely N-dealkylation sites (N-methyl/N-ethyl adjacent to an activating group) is 1. The van der Waals surface area contributed by atoms with Gasteiger partial charge in [-0.05, 0) is 31.7 Å². The largest absolute Gasteiger partial charge is 0.492 e. The molecular weight excluding hydrogens is 416 g/mol. The van der Waals surface area contributed by atoms with E-state index in [1.165, 1.54) is 0 Å². The number of anilines is 1. The summed E-state index contributed by atoms with van der Waals surface area (Å²) in [6.07, 6.45) is 0.211. The van der Waals surface area contributed by atoms with Crippen LogP contribution in [0.4, 0.5) is 5.69 Å². The molecule has 2 amide bonds. The van der Waals surface area contributed by atoms with Crippen molar-refractivity contribution in [3.8, 4) is 5.75 Å². The van der Waals surface area contributed by atoms with E-state index in [0.717, 1.165) is 44.0 Å². The van der Waals surface area contributed by atoms with Gasteiger partial charge in [0.2, 0.25) is 11.8 Å². The molecule has 0 radical (unpaired) electrons. The smallest absolute Gasteiger partial charge is 0.227 e. The lowest BCUT2D eigenvalue weighted by Crippen LogP contribution is -2.48. The Morgan fingerprint density at radius 3 is 2.48 bits per heavy atom. The summed E-state index contributed by atoms with van der Waals surface area (Å²) in [5, 5.41) is 3.26. The van der Waals surface area contributed by atoms with Gasteiger partial charge in [0, 0.05) is 45.7 Å². The molecule has 2 aromatic rings. The first-order valence-electron chi connectivity index (χ1n) is 11.8. The molecule has 0 bridgehead atoms. The molecule has 7 heteroatoms. The number of ether oxygens (including phenoxy) is 1. The Kier molecular flexibility index (Phi) is 7.62. The monoisotopic (exact) mass is 450 g/mol. The molecule has 176 valence electrons. The molecule has 7 nitrogen and oxygen atoms in total. The van der Waals surface area contributed by atoms with Crippen LogP contribution in [-0.4, -0.2) is 74.5 Å². The molecule has 2 aliphatic heterocycles. The van der Waals surface area contributed by atoms with E-state index in [2.05, 4.69) is 34.3 Å². The van der Waals surface area contributed by atoms with E-state index in [-0.39, 0.29) is 30.2 Å². The number of piperazine rings is 1. The molecule has 0 spiro atoms. The van der Waals surface area contributed by atoms with Crippen LogP contribution in [0.5, 0.6) is 5.75 Å². The lowest BCUT2D eigenvalue weighted by Gasteiger charge is -2.35. The summed E-state index contributed by atoms with van der Waals surface area (Å²) >= 11 is 0. The highest BCUT2D eigenvalue weighted by Gasteiger charge is 2.37. The van der Waals surface area contributed by atoms with Gasteiger partial charge >= 0.3 is 0 Å². The average molecular weight is 451 g/mol. The summed E-state index contributed by atoms with van der Waals surface area (Å²) in [5.41, 5.74) is 1.82. The highest BCUT2D eigenvalue weighted by Crippen LogP contribution is 2.33. The number of para-hydroxylation sites is 2. The SMILES string of the molecule is CCOc1ccccc1N1CC(C(=O)NC(CN2CCN(C)CC2)c2ccccc2)CC1=O. The van der Waals surface area contributed by atoms with Gasteiger partial charge in [-0.15, -0.1) is 0 Å². The summed E-state index contributed by atoms with van der Waals surface area (Å²) in [6, 6.07) is 17.5. The number of amides is 2. The molecule has 0 aliphatic carbocycles. The number of carbonyl (C=O) groups is 2. The number of hydrogen-bond acceptors (Lipinski definition) is 5. The zero-order valence-electron chi connectivity index (χ0n) is 19.6. The molecule has 2 aromatic carbocycles. The van der Waals surface area contributed by atoms with Crippen LogP contribution < -0.4 is 15.0 Å². The fraction of sp³-hybridized carbons (Fsp3) is 0.462. The Labute approximate surface area is 196 Å². The van der Waals surface area contributed by atoms with Crippen molar-refractivity contribution in [1.82, 2.24) is 15.1 Å². The van der Waals surface area contributed by atoms with Gasteiger partial charge in [0.15, 0.2) is 0 Å². The van der Waals surface area contributed by atoms with Crippen LogP contribution in [0.2, 0.25) is 0 Å². The third kappa shape index (κ3) is 5.72. The molecule has 4 rings (SSSR count). The van der Waals surface area contributed by atoms with Gasteiger partial charge in [-0.25, -0.2) is 0 Å². The van der Waals surface area contributed by atoms with Crippen LogP contribution in [-0.2, 0) is 9.59 Å². The molecule has 2 atom stereocenters. The van der Waals surface area contributed by atoms with Crippen molar-refractivity contribution in [3.63, 3.8) is 0 Å². The quantitative estimate of drug-likeness (QED) is 0.670. The Morgan fingerprint density at radius 1 is 1.06 bits per heavy atom. The van der Waals surface area contributed by atoms with Gasteiger partial charge in [0.25, 0.3) is 0 Å². The van der Waals surface area contributed by atoms with Gasteiger partial charge in [-0.2, -0.15) is 0 Å². The van der Waals surface area contributed by atoms with E-state index in [9.17, 15) is 9.59 Å². The molecule has 2 unspecified atom stereocenters. The van der Waals surface area contributed by atoms with Gasteiger partial charge in [-0.1, -0.05) is 42.5 Å². The van der Waals surface area contributed by atoms with Crippen LogP contribution >= 0.6 is 0 Å². The van der Waals surface area contributed by atoms with E-state index in [0.29, 0.717) is 18.9 Å². The minimum atomic E-state index is -0.383. The van der Waals surface area contributed by atoms with Crippen molar-refractivity contribution in [2.24, 2.45) is 5.92 Å². The fourth-order valence-electron chi connectivity index (χ4n) is 4.57. The van der Waals surface area contributed by atoms with Crippen LogP contribution in [0.15, 0.2) is 54.6 Å². The van der Waals surface area contributed by atoms with Gasteiger partial charge in [-0.3, -0.25) is 14.5 Å². The maximum absolute atomic E-state index is 13.3. The van der Waals surface area contributed by atoms with Crippen LogP contribution in [0.3, 0.4) is 0 Å². The molecule has 33 heavy (non-hydrogen) atoms. The predicted octanol–water partition coefficient (Wildman–Crippen LogP) is 2.54. The Morgan fingerprint density at radius 2 is 1.76 bits per heavy atom. The van der Waals surface area contributed by atoms with Crippen LogP contribution in [0, 0.1) is 5.92 Å². The minimum Gasteiger partial charge on any atom is -0.492 e. The first-order valence-corrected chi connectivity index (χ1v) is 11.8. The van der Waals surface area contributed by atoms with Crippen molar-refractivity contribution in [2.75, 3.05) is 57.8 Å². The summed E-state index contributed by atoms with van der Waals surface area (Å²) in [4.78, 5) is 32.6. The van der Waals surface area contributed by atoms with Crippen molar-refractivity contribution in [3.05, 3.63) is 60.2 Å². The van der Waals surface area contributed by atoms with E-state index in [1.54, 1.807) is 4.90 Å². The first-order chi connectivity index (χ1) is 16.0. The maximum atomic E-state index is 13.3. The van der Waals surface area contributed by atoms with Crippen molar-refractivity contribution >= 4 is 17.5 Å². The Bertz CT molecular complexity index is 944. The second kappa shape index (κ2) is 10.8. The fourth-order valence-corrected chi connectivity index (χ4v) is 4.57. The minimum absolute atomic E-state index is 0.0439. The summed E-state index contributed by atoms with van der Waals surface area (Å²) < 4.78 is 5.70. The summed E-state index contributed by atoms with van der Waals surface area (Å²) in [7, 11) is 2.14. The number of hydrogen-bond donors (Lipinski definition) is 1. The van der Waals surface area contributed by atoms with Crippen LogP contribution in [0.25, 0.3) is 0 Å². The van der Waals surface area contributed by atoms with E-state index in [4.69, 9.17) is 4.74 Å². The molecular formula is C26H34N4O3. The number of carbonyl (C=O) groups excluding carboxylic acids is 2. The summed E-state index contributed by atoms with van der Waals surface area (Å²) in [6.45, 7) is 7.60. The van der Waals surface area contributed by atoms with E-state index >= 15 is 0 Å². The molecule has 2 fully saturated rings. The number of rotatable bonds is 8. The average Bonchev–Trinajstić information content (AvgIpc) is 3.23. The van der Waals surface area contributed by atoms with Crippen LogP contribution in [0.1, 0.15) is 24.9 Å². The lowest BCUT2D eigenvalue weighted by atomic mass is 10.0. The lowest BCUT2D eigenvalue weighted by molar-refractivity contribution is -0.127. The molecule has 0 aromatic heterocycles.